The van der Waals surface area contributed by atoms with Gasteiger partial charge in [0.25, 0.3) is 0 Å². The number of amides is 1. The highest BCUT2D eigenvalue weighted by Crippen LogP contribution is 2.38. The number of H-pyrrole nitrogens is 1. The van der Waals surface area contributed by atoms with Crippen LogP contribution in [-0.2, 0) is 9.53 Å². The molecular formula is C15H21BrClN5O2. The Hall–Kier alpha value is -1.35. The van der Waals surface area contributed by atoms with Crippen molar-refractivity contribution in [2.75, 3.05) is 37.0 Å². The number of nitrogens with zero attached hydrogens (tertiary/aromatic N) is 2. The molecule has 1 fully saturated rings. The number of hydrogen-bond acceptors (Lipinski definition) is 5. The molecule has 1 amide bonds. The van der Waals surface area contributed by atoms with Crippen LogP contribution in [0.1, 0.15) is 12.8 Å². The highest BCUT2D eigenvalue weighted by atomic mass is 79.9. The first kappa shape index (κ1) is 19.0. The fraction of sp³-hybridized carbons (Fsp3) is 0.467. The summed E-state index contributed by atoms with van der Waals surface area (Å²) in [7, 11) is 1.49. The lowest BCUT2D eigenvalue weighted by Crippen LogP contribution is -2.43. The first-order chi connectivity index (χ1) is 11.1. The number of halogens is 2. The van der Waals surface area contributed by atoms with Crippen LogP contribution in [-0.4, -0.2) is 48.7 Å². The van der Waals surface area contributed by atoms with E-state index in [9.17, 15) is 4.79 Å². The van der Waals surface area contributed by atoms with Gasteiger partial charge in [-0.1, -0.05) is 0 Å². The van der Waals surface area contributed by atoms with Crippen molar-refractivity contribution in [2.45, 2.75) is 18.9 Å². The minimum Gasteiger partial charge on any atom is -0.375 e. The summed E-state index contributed by atoms with van der Waals surface area (Å²) in [6, 6.07) is 0.157. The van der Waals surface area contributed by atoms with Crippen molar-refractivity contribution in [3.05, 3.63) is 16.9 Å². The largest absolute Gasteiger partial charge is 0.375 e. The standard InChI is InChI=1S/C15H20BrN5O2.ClH/c1-23-8-12(22)20-11-6-19-15-13(11)14(10(16)5-18-15)21-4-2-3-9(17)7-21;/h5-6,9H,2-4,7-8,17H2,1H3,(H,18,19)(H,20,22);1H. The van der Waals surface area contributed by atoms with Crippen LogP contribution in [0.15, 0.2) is 16.9 Å². The number of rotatable bonds is 4. The average Bonchev–Trinajstić information content (AvgIpc) is 2.90. The lowest BCUT2D eigenvalue weighted by atomic mass is 10.1. The van der Waals surface area contributed by atoms with Crippen molar-refractivity contribution in [1.82, 2.24) is 9.97 Å². The molecule has 1 saturated heterocycles. The first-order valence-corrected chi connectivity index (χ1v) is 8.34. The van der Waals surface area contributed by atoms with Gasteiger partial charge in [-0.05, 0) is 28.8 Å². The number of anilines is 2. The number of nitrogens with two attached hydrogens (primary N) is 1. The zero-order chi connectivity index (χ0) is 16.4. The molecule has 0 bridgehead atoms. The second-order valence-electron chi connectivity index (χ2n) is 5.71. The third-order valence-electron chi connectivity index (χ3n) is 3.95. The molecule has 2 aromatic heterocycles. The molecule has 7 nitrogen and oxygen atoms in total. The van der Waals surface area contributed by atoms with Crippen molar-refractivity contribution in [3.63, 3.8) is 0 Å². The zero-order valence-corrected chi connectivity index (χ0v) is 15.7. The summed E-state index contributed by atoms with van der Waals surface area (Å²) in [6.45, 7) is 1.73. The van der Waals surface area contributed by atoms with E-state index in [2.05, 4.69) is 36.1 Å². The van der Waals surface area contributed by atoms with Crippen LogP contribution in [0.4, 0.5) is 11.4 Å². The monoisotopic (exact) mass is 417 g/mol. The highest BCUT2D eigenvalue weighted by molar-refractivity contribution is 9.10. The number of methoxy groups -OCH3 is 1. The fourth-order valence-electron chi connectivity index (χ4n) is 2.99. The van der Waals surface area contributed by atoms with Gasteiger partial charge >= 0.3 is 0 Å². The predicted octanol–water partition coefficient (Wildman–Crippen LogP) is 2.26. The summed E-state index contributed by atoms with van der Waals surface area (Å²) >= 11 is 3.59. The lowest BCUT2D eigenvalue weighted by Gasteiger charge is -2.33. The molecule has 132 valence electrons. The van der Waals surface area contributed by atoms with Crippen LogP contribution in [0.3, 0.4) is 0 Å². The van der Waals surface area contributed by atoms with Crippen LogP contribution in [0.2, 0.25) is 0 Å². The molecule has 1 atom stereocenters. The van der Waals surface area contributed by atoms with E-state index < -0.39 is 0 Å². The van der Waals surface area contributed by atoms with Gasteiger partial charge in [0.2, 0.25) is 5.91 Å². The van der Waals surface area contributed by atoms with Gasteiger partial charge in [0.1, 0.15) is 12.3 Å². The molecule has 24 heavy (non-hydrogen) atoms. The van der Waals surface area contributed by atoms with Crippen LogP contribution in [0.5, 0.6) is 0 Å². The topological polar surface area (TPSA) is 96.3 Å². The van der Waals surface area contributed by atoms with E-state index in [-0.39, 0.29) is 31.0 Å². The molecule has 4 N–H and O–H groups in total. The summed E-state index contributed by atoms with van der Waals surface area (Å²) in [5.74, 6) is -0.199. The molecular weight excluding hydrogens is 398 g/mol. The van der Waals surface area contributed by atoms with Crippen LogP contribution < -0.4 is 16.0 Å². The number of carbonyl (C=O) groups is 1. The van der Waals surface area contributed by atoms with E-state index >= 15 is 0 Å². The van der Waals surface area contributed by atoms with Crippen molar-refractivity contribution < 1.29 is 9.53 Å². The Kier molecular flexibility index (Phi) is 6.45. The number of hydrogen-bond donors (Lipinski definition) is 3. The van der Waals surface area contributed by atoms with Gasteiger partial charge in [-0.2, -0.15) is 0 Å². The molecule has 0 saturated carbocycles. The first-order valence-electron chi connectivity index (χ1n) is 7.55. The Balaban J connectivity index is 0.00000208. The van der Waals surface area contributed by atoms with Crippen LogP contribution in [0.25, 0.3) is 11.0 Å². The molecule has 0 aliphatic carbocycles. The average molecular weight is 419 g/mol. The molecule has 3 rings (SSSR count). The number of ether oxygens (including phenoxy) is 1. The van der Waals surface area contributed by atoms with Crippen LogP contribution >= 0.6 is 28.3 Å². The van der Waals surface area contributed by atoms with E-state index in [1.165, 1.54) is 7.11 Å². The van der Waals surface area contributed by atoms with Crippen molar-refractivity contribution in [2.24, 2.45) is 5.73 Å². The van der Waals surface area contributed by atoms with E-state index in [0.717, 1.165) is 47.1 Å². The summed E-state index contributed by atoms with van der Waals surface area (Å²) < 4.78 is 5.76. The lowest BCUT2D eigenvalue weighted by molar-refractivity contribution is -0.119. The zero-order valence-electron chi connectivity index (χ0n) is 13.3. The number of aromatic nitrogens is 2. The van der Waals surface area contributed by atoms with Gasteiger partial charge in [-0.3, -0.25) is 4.79 Å². The van der Waals surface area contributed by atoms with E-state index in [1.807, 2.05) is 0 Å². The number of aromatic amines is 1. The molecule has 3 heterocycles. The summed E-state index contributed by atoms with van der Waals surface area (Å²) in [4.78, 5) is 21.6. The third-order valence-corrected chi connectivity index (χ3v) is 4.53. The predicted molar refractivity (Wildman–Crippen MR) is 101 cm³/mol. The second kappa shape index (κ2) is 8.15. The van der Waals surface area contributed by atoms with Crippen molar-refractivity contribution in [1.29, 1.82) is 0 Å². The maximum absolute atomic E-state index is 11.9. The molecule has 1 aliphatic rings. The minimum absolute atomic E-state index is 0. The Labute approximate surface area is 154 Å². The third kappa shape index (κ3) is 3.83. The van der Waals surface area contributed by atoms with Crippen molar-refractivity contribution >= 4 is 56.7 Å². The van der Waals surface area contributed by atoms with Gasteiger partial charge < -0.3 is 25.7 Å². The molecule has 1 aliphatic heterocycles. The SMILES string of the molecule is COCC(=O)Nc1c[nH]c2ncc(Br)c(N3CCCC(N)C3)c12.Cl. The summed E-state index contributed by atoms with van der Waals surface area (Å²) in [5.41, 5.74) is 8.57. The highest BCUT2D eigenvalue weighted by Gasteiger charge is 2.23. The quantitative estimate of drug-likeness (QED) is 0.708. The molecule has 0 radical (unpaired) electrons. The number of fused-ring (bicyclic) bond motifs is 1. The molecule has 0 aromatic carbocycles. The molecule has 1 unspecified atom stereocenters. The number of carbonyl (C=O) groups excluding carboxylic acids is 1. The summed E-state index contributed by atoms with van der Waals surface area (Å²) in [5, 5.41) is 3.76. The smallest absolute Gasteiger partial charge is 0.250 e. The maximum Gasteiger partial charge on any atom is 0.250 e. The maximum atomic E-state index is 11.9. The Bertz CT molecular complexity index is 723. The Morgan fingerprint density at radius 2 is 2.42 bits per heavy atom. The van der Waals surface area contributed by atoms with E-state index in [0.29, 0.717) is 5.69 Å². The number of nitrogens with one attached hydrogen (secondary N) is 2. The van der Waals surface area contributed by atoms with Gasteiger partial charge in [0.05, 0.1) is 21.2 Å². The molecule has 0 spiro atoms. The van der Waals surface area contributed by atoms with Gasteiger partial charge in [0.15, 0.2) is 0 Å². The van der Waals surface area contributed by atoms with Crippen molar-refractivity contribution in [3.8, 4) is 0 Å². The van der Waals surface area contributed by atoms with Gasteiger partial charge in [-0.15, -0.1) is 12.4 Å². The van der Waals surface area contributed by atoms with Crippen LogP contribution in [0, 0.1) is 0 Å². The number of piperidine rings is 1. The number of pyridine rings is 1. The fourth-order valence-corrected chi connectivity index (χ4v) is 3.55. The Morgan fingerprint density at radius 3 is 3.12 bits per heavy atom. The minimum atomic E-state index is -0.199. The Morgan fingerprint density at radius 1 is 1.62 bits per heavy atom. The van der Waals surface area contributed by atoms with E-state index in [1.54, 1.807) is 12.4 Å². The molecule has 9 heteroatoms. The normalized spacial score (nSPS) is 17.6. The van der Waals surface area contributed by atoms with Gasteiger partial charge in [0, 0.05) is 38.6 Å². The second-order valence-corrected chi connectivity index (χ2v) is 6.56. The van der Waals surface area contributed by atoms with E-state index in [4.69, 9.17) is 10.5 Å². The molecule has 2 aromatic rings. The van der Waals surface area contributed by atoms with Gasteiger partial charge in [-0.25, -0.2) is 4.98 Å². The summed E-state index contributed by atoms with van der Waals surface area (Å²) in [6.07, 6.45) is 5.61.